The van der Waals surface area contributed by atoms with Crippen LogP contribution in [0.2, 0.25) is 0 Å². The molecule has 0 radical (unpaired) electrons. The predicted octanol–water partition coefficient (Wildman–Crippen LogP) is 4.25. The second kappa shape index (κ2) is 9.76. The molecule has 29 heavy (non-hydrogen) atoms. The number of likely N-dealkylation sites (N-methyl/N-ethyl adjacent to an activating group) is 1. The number of carbonyl (C=O) groups excluding carboxylic acids is 1. The summed E-state index contributed by atoms with van der Waals surface area (Å²) in [7, 11) is 1.90. The molecule has 1 N–H and O–H groups in total. The third-order valence-corrected chi connectivity index (χ3v) is 5.81. The van der Waals surface area contributed by atoms with Crippen LogP contribution < -0.4 is 10.1 Å². The third kappa shape index (κ3) is 5.95. The second-order valence-corrected chi connectivity index (χ2v) is 7.80. The van der Waals surface area contributed by atoms with Crippen molar-refractivity contribution in [2.24, 2.45) is 0 Å². The van der Waals surface area contributed by atoms with E-state index in [1.807, 2.05) is 43.1 Å². The van der Waals surface area contributed by atoms with Gasteiger partial charge in [-0.15, -0.1) is 11.3 Å². The molecule has 0 saturated heterocycles. The molecule has 3 aromatic rings. The highest BCUT2D eigenvalue weighted by molar-refractivity contribution is 7.18. The van der Waals surface area contributed by atoms with Gasteiger partial charge in [-0.1, -0.05) is 24.3 Å². The maximum Gasteiger partial charge on any atom is 0.387 e. The van der Waals surface area contributed by atoms with E-state index < -0.39 is 6.61 Å². The normalized spacial score (nSPS) is 12.5. The van der Waals surface area contributed by atoms with Crippen LogP contribution in [-0.4, -0.2) is 42.5 Å². The topological polar surface area (TPSA) is 54.5 Å². The maximum atomic E-state index is 12.3. The molecule has 0 saturated carbocycles. The van der Waals surface area contributed by atoms with Crippen molar-refractivity contribution in [2.75, 3.05) is 20.1 Å². The van der Waals surface area contributed by atoms with Crippen molar-refractivity contribution >= 4 is 27.5 Å². The fraction of sp³-hybridized carbons (Fsp3) is 0.333. The van der Waals surface area contributed by atoms with Crippen LogP contribution in [0.3, 0.4) is 0 Å². The Morgan fingerprint density at radius 3 is 2.62 bits per heavy atom. The van der Waals surface area contributed by atoms with Crippen LogP contribution in [-0.2, 0) is 11.2 Å². The van der Waals surface area contributed by atoms with E-state index in [1.165, 1.54) is 12.1 Å². The summed E-state index contributed by atoms with van der Waals surface area (Å²) in [5.41, 5.74) is 1.91. The standard InChI is InChI=1S/C21H23F2N3O2S/c1-14(20-25-17-5-3-4-6-18(17)29-20)26(2)13-19(27)24-12-11-15-7-9-16(10-8-15)28-21(22)23/h3-10,14,21H,11-13H2,1-2H3,(H,24,27)/t14-/m1/s1. The van der Waals surface area contributed by atoms with Crippen molar-refractivity contribution in [3.05, 3.63) is 59.1 Å². The summed E-state index contributed by atoms with van der Waals surface area (Å²) in [6.07, 6.45) is 0.609. The van der Waals surface area contributed by atoms with E-state index in [0.29, 0.717) is 13.0 Å². The Labute approximate surface area is 172 Å². The molecule has 1 amide bonds. The Morgan fingerprint density at radius 1 is 1.21 bits per heavy atom. The van der Waals surface area contributed by atoms with Gasteiger partial charge in [-0.3, -0.25) is 9.69 Å². The zero-order valence-corrected chi connectivity index (χ0v) is 17.1. The number of aromatic nitrogens is 1. The Morgan fingerprint density at radius 2 is 1.93 bits per heavy atom. The van der Waals surface area contributed by atoms with Crippen LogP contribution >= 0.6 is 11.3 Å². The third-order valence-electron chi connectivity index (χ3n) is 4.61. The van der Waals surface area contributed by atoms with Gasteiger partial charge in [-0.25, -0.2) is 4.98 Å². The highest BCUT2D eigenvalue weighted by Crippen LogP contribution is 2.28. The van der Waals surface area contributed by atoms with Crippen molar-refractivity contribution < 1.29 is 18.3 Å². The highest BCUT2D eigenvalue weighted by Gasteiger charge is 2.18. The number of ether oxygens (including phenoxy) is 1. The Kier molecular flexibility index (Phi) is 7.11. The second-order valence-electron chi connectivity index (χ2n) is 6.73. The van der Waals surface area contributed by atoms with Crippen LogP contribution in [0.15, 0.2) is 48.5 Å². The van der Waals surface area contributed by atoms with Crippen molar-refractivity contribution in [3.63, 3.8) is 0 Å². The van der Waals surface area contributed by atoms with Crippen molar-refractivity contribution in [3.8, 4) is 5.75 Å². The summed E-state index contributed by atoms with van der Waals surface area (Å²) in [5, 5.41) is 3.87. The minimum atomic E-state index is -2.83. The zero-order chi connectivity index (χ0) is 20.8. The summed E-state index contributed by atoms with van der Waals surface area (Å²) in [6.45, 7) is -0.0638. The first-order chi connectivity index (χ1) is 13.9. The molecule has 0 spiro atoms. The average molecular weight is 419 g/mol. The van der Waals surface area contributed by atoms with Gasteiger partial charge >= 0.3 is 6.61 Å². The van der Waals surface area contributed by atoms with Crippen LogP contribution in [0.1, 0.15) is 23.5 Å². The molecule has 0 aliphatic rings. The Bertz CT molecular complexity index is 914. The van der Waals surface area contributed by atoms with E-state index in [-0.39, 0.29) is 24.2 Å². The predicted molar refractivity (Wildman–Crippen MR) is 110 cm³/mol. The van der Waals surface area contributed by atoms with Gasteiger partial charge in [0.05, 0.1) is 22.8 Å². The molecular weight excluding hydrogens is 396 g/mol. The van der Waals surface area contributed by atoms with Gasteiger partial charge in [0, 0.05) is 6.54 Å². The van der Waals surface area contributed by atoms with E-state index in [0.717, 1.165) is 20.8 Å². The molecule has 8 heteroatoms. The van der Waals surface area contributed by atoms with Gasteiger partial charge in [0.2, 0.25) is 5.91 Å². The number of amides is 1. The Balaban J connectivity index is 1.44. The fourth-order valence-electron chi connectivity index (χ4n) is 2.86. The first kappa shape index (κ1) is 21.1. The lowest BCUT2D eigenvalue weighted by atomic mass is 10.1. The lowest BCUT2D eigenvalue weighted by Gasteiger charge is -2.22. The summed E-state index contributed by atoms with van der Waals surface area (Å²) in [5.74, 6) is 0.0522. The number of nitrogens with one attached hydrogen (secondary N) is 1. The number of hydrogen-bond donors (Lipinski definition) is 1. The van der Waals surface area contributed by atoms with Gasteiger partial charge in [-0.2, -0.15) is 8.78 Å². The minimum Gasteiger partial charge on any atom is -0.435 e. The van der Waals surface area contributed by atoms with Gasteiger partial charge in [0.25, 0.3) is 0 Å². The molecule has 2 aromatic carbocycles. The SMILES string of the molecule is C[C@H](c1nc2ccccc2s1)N(C)CC(=O)NCCc1ccc(OC(F)F)cc1. The summed E-state index contributed by atoms with van der Waals surface area (Å²) in [6, 6.07) is 14.4. The molecule has 154 valence electrons. The molecule has 0 unspecified atom stereocenters. The fourth-order valence-corrected chi connectivity index (χ4v) is 3.95. The number of hydrogen-bond acceptors (Lipinski definition) is 5. The van der Waals surface area contributed by atoms with Gasteiger partial charge in [0.15, 0.2) is 0 Å². The van der Waals surface area contributed by atoms with Crippen LogP contribution in [0, 0.1) is 0 Å². The van der Waals surface area contributed by atoms with Crippen LogP contribution in [0.5, 0.6) is 5.75 Å². The first-order valence-electron chi connectivity index (χ1n) is 9.28. The number of rotatable bonds is 9. The van der Waals surface area contributed by atoms with Gasteiger partial charge in [-0.05, 0) is 50.2 Å². The largest absolute Gasteiger partial charge is 0.435 e. The van der Waals surface area contributed by atoms with Crippen LogP contribution in [0.25, 0.3) is 10.2 Å². The average Bonchev–Trinajstić information content (AvgIpc) is 3.12. The lowest BCUT2D eigenvalue weighted by Crippen LogP contribution is -2.37. The highest BCUT2D eigenvalue weighted by atomic mass is 32.1. The summed E-state index contributed by atoms with van der Waals surface area (Å²) < 4.78 is 29.8. The number of para-hydroxylation sites is 1. The molecule has 5 nitrogen and oxygen atoms in total. The monoisotopic (exact) mass is 419 g/mol. The molecule has 0 bridgehead atoms. The van der Waals surface area contributed by atoms with Gasteiger partial charge < -0.3 is 10.1 Å². The Hall–Kier alpha value is -2.58. The molecule has 3 rings (SSSR count). The molecule has 0 aliphatic carbocycles. The quantitative estimate of drug-likeness (QED) is 0.563. The van der Waals surface area contributed by atoms with Crippen molar-refractivity contribution in [1.29, 1.82) is 0 Å². The molecule has 1 atom stereocenters. The number of halogens is 2. The molecular formula is C21H23F2N3O2S. The minimum absolute atomic E-state index is 0.0283. The first-order valence-corrected chi connectivity index (χ1v) is 10.1. The zero-order valence-electron chi connectivity index (χ0n) is 16.3. The van der Waals surface area contributed by atoms with Crippen molar-refractivity contribution in [2.45, 2.75) is 26.0 Å². The summed E-state index contributed by atoms with van der Waals surface area (Å²) in [4.78, 5) is 18.9. The molecule has 0 aliphatic heterocycles. The van der Waals surface area contributed by atoms with E-state index in [1.54, 1.807) is 23.5 Å². The molecule has 1 heterocycles. The number of alkyl halides is 2. The maximum absolute atomic E-state index is 12.3. The van der Waals surface area contributed by atoms with Crippen LogP contribution in [0.4, 0.5) is 8.78 Å². The van der Waals surface area contributed by atoms with Gasteiger partial charge in [0.1, 0.15) is 10.8 Å². The van der Waals surface area contributed by atoms with E-state index >= 15 is 0 Å². The van der Waals surface area contributed by atoms with Crippen molar-refractivity contribution in [1.82, 2.24) is 15.2 Å². The van der Waals surface area contributed by atoms with E-state index in [2.05, 4.69) is 15.0 Å². The molecule has 0 fully saturated rings. The number of fused-ring (bicyclic) bond motifs is 1. The smallest absolute Gasteiger partial charge is 0.387 e. The number of carbonyl (C=O) groups is 1. The number of benzene rings is 2. The van der Waals surface area contributed by atoms with E-state index in [9.17, 15) is 13.6 Å². The lowest BCUT2D eigenvalue weighted by molar-refractivity contribution is -0.122. The number of nitrogens with zero attached hydrogens (tertiary/aromatic N) is 2. The van der Waals surface area contributed by atoms with E-state index in [4.69, 9.17) is 0 Å². The number of thiazole rings is 1. The summed E-state index contributed by atoms with van der Waals surface area (Å²) >= 11 is 1.64. The molecule has 1 aromatic heterocycles.